The summed E-state index contributed by atoms with van der Waals surface area (Å²) >= 11 is 0. The van der Waals surface area contributed by atoms with Crippen molar-refractivity contribution in [3.63, 3.8) is 0 Å². The standard InChI is InChI=1S/C12H16N2O/c1-8-13-10-6-5-9(12(2,3)15)7-11(10)14(8)4/h5-7,15H,1-4H3. The molecule has 0 bridgehead atoms. The molecule has 0 fully saturated rings. The maximum atomic E-state index is 9.92. The lowest BCUT2D eigenvalue weighted by atomic mass is 9.98. The Balaban J connectivity index is 2.70. The van der Waals surface area contributed by atoms with Crippen LogP contribution in [-0.4, -0.2) is 14.7 Å². The van der Waals surface area contributed by atoms with Crippen molar-refractivity contribution in [2.45, 2.75) is 26.4 Å². The lowest BCUT2D eigenvalue weighted by Crippen LogP contribution is -2.15. The van der Waals surface area contributed by atoms with Crippen molar-refractivity contribution in [2.75, 3.05) is 0 Å². The van der Waals surface area contributed by atoms with E-state index in [1.54, 1.807) is 13.8 Å². The number of rotatable bonds is 1. The zero-order chi connectivity index (χ0) is 11.2. The molecule has 2 aromatic rings. The van der Waals surface area contributed by atoms with Crippen molar-refractivity contribution in [1.29, 1.82) is 0 Å². The first kappa shape index (κ1) is 10.2. The van der Waals surface area contributed by atoms with Gasteiger partial charge < -0.3 is 9.67 Å². The number of benzene rings is 1. The number of aryl methyl sites for hydroxylation is 2. The molecule has 0 atom stereocenters. The first-order valence-corrected chi connectivity index (χ1v) is 5.05. The predicted molar refractivity (Wildman–Crippen MR) is 60.7 cm³/mol. The first-order valence-electron chi connectivity index (χ1n) is 5.05. The zero-order valence-corrected chi connectivity index (χ0v) is 9.57. The van der Waals surface area contributed by atoms with Gasteiger partial charge in [0.15, 0.2) is 0 Å². The number of nitrogens with zero attached hydrogens (tertiary/aromatic N) is 2. The van der Waals surface area contributed by atoms with E-state index in [9.17, 15) is 5.11 Å². The van der Waals surface area contributed by atoms with Crippen molar-refractivity contribution >= 4 is 11.0 Å². The minimum absolute atomic E-state index is 0.799. The van der Waals surface area contributed by atoms with Gasteiger partial charge in [-0.2, -0.15) is 0 Å². The summed E-state index contributed by atoms with van der Waals surface area (Å²) in [5.74, 6) is 0.984. The second kappa shape index (κ2) is 3.07. The van der Waals surface area contributed by atoms with Crippen LogP contribution in [-0.2, 0) is 12.6 Å². The molecule has 1 aromatic carbocycles. The predicted octanol–water partition coefficient (Wildman–Crippen LogP) is 2.11. The molecule has 0 aliphatic heterocycles. The molecule has 1 N–H and O–H groups in total. The van der Waals surface area contributed by atoms with E-state index in [0.717, 1.165) is 22.4 Å². The molecule has 0 radical (unpaired) electrons. The van der Waals surface area contributed by atoms with E-state index >= 15 is 0 Å². The summed E-state index contributed by atoms with van der Waals surface area (Å²) in [4.78, 5) is 4.42. The lowest BCUT2D eigenvalue weighted by Gasteiger charge is -2.17. The van der Waals surface area contributed by atoms with Gasteiger partial charge in [-0.3, -0.25) is 0 Å². The van der Waals surface area contributed by atoms with Gasteiger partial charge in [-0.1, -0.05) is 6.07 Å². The van der Waals surface area contributed by atoms with Crippen LogP contribution in [0.2, 0.25) is 0 Å². The SMILES string of the molecule is Cc1nc2ccc(C(C)(C)O)cc2n1C. The maximum Gasteiger partial charge on any atom is 0.106 e. The van der Waals surface area contributed by atoms with Gasteiger partial charge in [-0.25, -0.2) is 4.98 Å². The van der Waals surface area contributed by atoms with Gasteiger partial charge in [0.1, 0.15) is 5.82 Å². The van der Waals surface area contributed by atoms with Crippen LogP contribution in [0.15, 0.2) is 18.2 Å². The van der Waals surface area contributed by atoms with Gasteiger partial charge in [-0.15, -0.1) is 0 Å². The number of hydrogen-bond donors (Lipinski definition) is 1. The number of hydrogen-bond acceptors (Lipinski definition) is 2. The smallest absolute Gasteiger partial charge is 0.106 e. The Bertz CT molecular complexity index is 506. The van der Waals surface area contributed by atoms with Gasteiger partial charge >= 0.3 is 0 Å². The number of aliphatic hydroxyl groups is 1. The summed E-state index contributed by atoms with van der Waals surface area (Å²) in [6, 6.07) is 5.87. The van der Waals surface area contributed by atoms with E-state index in [4.69, 9.17) is 0 Å². The highest BCUT2D eigenvalue weighted by Gasteiger charge is 2.17. The molecule has 0 spiro atoms. The van der Waals surface area contributed by atoms with Crippen LogP contribution >= 0.6 is 0 Å². The first-order chi connectivity index (χ1) is 6.89. The largest absolute Gasteiger partial charge is 0.386 e. The van der Waals surface area contributed by atoms with Crippen LogP contribution in [0.5, 0.6) is 0 Å². The highest BCUT2D eigenvalue weighted by molar-refractivity contribution is 5.77. The molecule has 3 nitrogen and oxygen atoms in total. The van der Waals surface area contributed by atoms with Gasteiger partial charge in [-0.05, 0) is 38.5 Å². The Labute approximate surface area is 89.4 Å². The van der Waals surface area contributed by atoms with Crippen LogP contribution < -0.4 is 0 Å². The molecule has 3 heteroatoms. The van der Waals surface area contributed by atoms with Crippen molar-refractivity contribution in [1.82, 2.24) is 9.55 Å². The van der Waals surface area contributed by atoms with Crippen molar-refractivity contribution in [3.8, 4) is 0 Å². The molecule has 80 valence electrons. The summed E-state index contributed by atoms with van der Waals surface area (Å²) < 4.78 is 2.03. The molecule has 0 unspecified atom stereocenters. The third-order valence-corrected chi connectivity index (χ3v) is 2.81. The summed E-state index contributed by atoms with van der Waals surface area (Å²) in [7, 11) is 1.98. The van der Waals surface area contributed by atoms with E-state index in [0.29, 0.717) is 0 Å². The Morgan fingerprint density at radius 3 is 2.60 bits per heavy atom. The Kier molecular flexibility index (Phi) is 2.08. The Morgan fingerprint density at radius 2 is 2.00 bits per heavy atom. The fourth-order valence-corrected chi connectivity index (χ4v) is 1.69. The zero-order valence-electron chi connectivity index (χ0n) is 9.57. The monoisotopic (exact) mass is 204 g/mol. The third-order valence-electron chi connectivity index (χ3n) is 2.81. The molecule has 0 saturated carbocycles. The molecule has 0 aliphatic carbocycles. The van der Waals surface area contributed by atoms with Crippen LogP contribution in [0.4, 0.5) is 0 Å². The van der Waals surface area contributed by atoms with Crippen molar-refractivity contribution in [3.05, 3.63) is 29.6 Å². The Hall–Kier alpha value is -1.35. The van der Waals surface area contributed by atoms with Crippen LogP contribution in [0.1, 0.15) is 25.2 Å². The molecule has 0 amide bonds. The van der Waals surface area contributed by atoms with Gasteiger partial charge in [0.25, 0.3) is 0 Å². The lowest BCUT2D eigenvalue weighted by molar-refractivity contribution is 0.0787. The minimum atomic E-state index is -0.799. The summed E-state index contributed by atoms with van der Waals surface area (Å²) in [6.07, 6.45) is 0. The number of imidazole rings is 1. The van der Waals surface area contributed by atoms with E-state index in [1.165, 1.54) is 0 Å². The fraction of sp³-hybridized carbons (Fsp3) is 0.417. The quantitative estimate of drug-likeness (QED) is 0.772. The number of aromatic nitrogens is 2. The van der Waals surface area contributed by atoms with E-state index < -0.39 is 5.60 Å². The topological polar surface area (TPSA) is 38.1 Å². The molecule has 0 saturated heterocycles. The highest BCUT2D eigenvalue weighted by atomic mass is 16.3. The Morgan fingerprint density at radius 1 is 1.33 bits per heavy atom. The molecular formula is C12H16N2O. The van der Waals surface area contributed by atoms with Crippen molar-refractivity contribution in [2.24, 2.45) is 7.05 Å². The van der Waals surface area contributed by atoms with Gasteiger partial charge in [0.2, 0.25) is 0 Å². The van der Waals surface area contributed by atoms with Crippen molar-refractivity contribution < 1.29 is 5.11 Å². The van der Waals surface area contributed by atoms with E-state index in [1.807, 2.05) is 36.7 Å². The third kappa shape index (κ3) is 1.63. The highest BCUT2D eigenvalue weighted by Crippen LogP contribution is 2.24. The van der Waals surface area contributed by atoms with Crippen LogP contribution in [0.3, 0.4) is 0 Å². The van der Waals surface area contributed by atoms with Gasteiger partial charge in [0.05, 0.1) is 16.6 Å². The summed E-state index contributed by atoms with van der Waals surface area (Å²) in [6.45, 7) is 5.55. The van der Waals surface area contributed by atoms with Gasteiger partial charge in [0, 0.05) is 7.05 Å². The van der Waals surface area contributed by atoms with E-state index in [2.05, 4.69) is 4.98 Å². The summed E-state index contributed by atoms with van der Waals surface area (Å²) in [5, 5.41) is 9.92. The normalized spacial score (nSPS) is 12.3. The van der Waals surface area contributed by atoms with Crippen LogP contribution in [0.25, 0.3) is 11.0 Å². The molecule has 2 rings (SSSR count). The average Bonchev–Trinajstić information content (AvgIpc) is 2.41. The maximum absolute atomic E-state index is 9.92. The average molecular weight is 204 g/mol. The van der Waals surface area contributed by atoms with Crippen LogP contribution in [0, 0.1) is 6.92 Å². The molecule has 1 aromatic heterocycles. The molecular weight excluding hydrogens is 188 g/mol. The van der Waals surface area contributed by atoms with E-state index in [-0.39, 0.29) is 0 Å². The fourth-order valence-electron chi connectivity index (χ4n) is 1.69. The molecule has 15 heavy (non-hydrogen) atoms. The minimum Gasteiger partial charge on any atom is -0.386 e. The summed E-state index contributed by atoms with van der Waals surface area (Å²) in [5.41, 5.74) is 2.15. The molecule has 1 heterocycles. The molecule has 0 aliphatic rings. The second-order valence-corrected chi connectivity index (χ2v) is 4.48. The second-order valence-electron chi connectivity index (χ2n) is 4.48. The number of fused-ring (bicyclic) bond motifs is 1.